The minimum atomic E-state index is 0.233. The third-order valence-corrected chi connectivity index (χ3v) is 3.08. The van der Waals surface area contributed by atoms with Crippen molar-refractivity contribution in [2.45, 2.75) is 60.3 Å². The summed E-state index contributed by atoms with van der Waals surface area (Å²) >= 11 is 0. The first-order valence-corrected chi connectivity index (χ1v) is 6.65. The smallest absolute Gasteiger partial charge is 0.00118 e. The van der Waals surface area contributed by atoms with Crippen molar-refractivity contribution < 1.29 is 0 Å². The van der Waals surface area contributed by atoms with Gasteiger partial charge in [-0.05, 0) is 40.4 Å². The number of hydrogen-bond acceptors (Lipinski definition) is 0. The molecule has 0 aliphatic rings. The maximum Gasteiger partial charge on any atom is -0.00118 e. The lowest BCUT2D eigenvalue weighted by Crippen LogP contribution is -2.13. The highest BCUT2D eigenvalue weighted by Crippen LogP contribution is 2.28. The van der Waals surface area contributed by atoms with Gasteiger partial charge in [-0.1, -0.05) is 66.7 Å². The summed E-state index contributed by atoms with van der Waals surface area (Å²) in [5.41, 5.74) is 4.56. The molecule has 0 heteroatoms. The van der Waals surface area contributed by atoms with Crippen LogP contribution in [0.4, 0.5) is 0 Å². The second kappa shape index (κ2) is 5.25. The van der Waals surface area contributed by atoms with Crippen LogP contribution in [0.15, 0.2) is 18.2 Å². The molecule has 0 aromatic heterocycles. The Hall–Kier alpha value is -0.780. The van der Waals surface area contributed by atoms with Gasteiger partial charge in [0.25, 0.3) is 0 Å². The highest BCUT2D eigenvalue weighted by Gasteiger charge is 2.16. The molecular weight excluding hydrogens is 204 g/mol. The summed E-state index contributed by atoms with van der Waals surface area (Å²) in [5, 5.41) is 0. The van der Waals surface area contributed by atoms with Crippen molar-refractivity contribution in [3.05, 3.63) is 40.8 Å². The summed E-state index contributed by atoms with van der Waals surface area (Å²) in [6.45, 7) is 15.8. The molecular formula is C17H27. The fraction of sp³-hybridized carbons (Fsp3) is 0.588. The zero-order chi connectivity index (χ0) is 13.2. The van der Waals surface area contributed by atoms with Crippen LogP contribution in [0, 0.1) is 11.8 Å². The van der Waals surface area contributed by atoms with E-state index in [1.807, 2.05) is 0 Å². The van der Waals surface area contributed by atoms with E-state index >= 15 is 0 Å². The first-order valence-electron chi connectivity index (χ1n) is 6.65. The molecule has 0 heterocycles. The predicted molar refractivity (Wildman–Crippen MR) is 77.4 cm³/mol. The van der Waals surface area contributed by atoms with Crippen molar-refractivity contribution in [3.63, 3.8) is 0 Å². The molecule has 0 bridgehead atoms. The van der Waals surface area contributed by atoms with E-state index in [-0.39, 0.29) is 5.41 Å². The summed E-state index contributed by atoms with van der Waals surface area (Å²) in [6, 6.07) is 7.08. The average molecular weight is 231 g/mol. The Labute approximate surface area is 107 Å². The van der Waals surface area contributed by atoms with Crippen LogP contribution in [-0.4, -0.2) is 0 Å². The summed E-state index contributed by atoms with van der Waals surface area (Å²) in [6.07, 6.45) is 1.17. The van der Waals surface area contributed by atoms with Gasteiger partial charge in [0.15, 0.2) is 0 Å². The van der Waals surface area contributed by atoms with Gasteiger partial charge in [-0.2, -0.15) is 0 Å². The lowest BCUT2D eigenvalue weighted by Gasteiger charge is -2.22. The van der Waals surface area contributed by atoms with Crippen LogP contribution in [0.1, 0.15) is 65.2 Å². The molecule has 1 radical (unpaired) electrons. The minimum absolute atomic E-state index is 0.233. The van der Waals surface area contributed by atoms with Crippen LogP contribution < -0.4 is 0 Å². The average Bonchev–Trinajstić information content (AvgIpc) is 2.14. The summed E-state index contributed by atoms with van der Waals surface area (Å²) < 4.78 is 0. The van der Waals surface area contributed by atoms with Gasteiger partial charge in [0.1, 0.15) is 0 Å². The SMILES string of the molecule is C[C](C)c1cc(CC(C)C)cc(C(C)(C)C)c1. The van der Waals surface area contributed by atoms with E-state index in [1.165, 1.54) is 29.0 Å². The van der Waals surface area contributed by atoms with E-state index in [9.17, 15) is 0 Å². The molecule has 1 rings (SSSR count). The van der Waals surface area contributed by atoms with Gasteiger partial charge < -0.3 is 0 Å². The molecule has 0 unspecified atom stereocenters. The van der Waals surface area contributed by atoms with Gasteiger partial charge in [-0.25, -0.2) is 0 Å². The van der Waals surface area contributed by atoms with Gasteiger partial charge in [0, 0.05) is 0 Å². The monoisotopic (exact) mass is 231 g/mol. The Morgan fingerprint density at radius 2 is 1.65 bits per heavy atom. The van der Waals surface area contributed by atoms with Crippen LogP contribution in [-0.2, 0) is 11.8 Å². The minimum Gasteiger partial charge on any atom is -0.0625 e. The fourth-order valence-corrected chi connectivity index (χ4v) is 2.00. The first-order chi connectivity index (χ1) is 7.70. The molecule has 0 spiro atoms. The third-order valence-electron chi connectivity index (χ3n) is 3.08. The second-order valence-electron chi connectivity index (χ2n) is 6.77. The van der Waals surface area contributed by atoms with Crippen molar-refractivity contribution in [2.75, 3.05) is 0 Å². The Balaban J connectivity index is 3.19. The topological polar surface area (TPSA) is 0 Å². The Morgan fingerprint density at radius 3 is 2.06 bits per heavy atom. The number of rotatable bonds is 3. The fourth-order valence-electron chi connectivity index (χ4n) is 2.00. The summed E-state index contributed by atoms with van der Waals surface area (Å²) in [5.74, 6) is 2.12. The normalized spacial score (nSPS) is 12.5. The van der Waals surface area contributed by atoms with Crippen LogP contribution >= 0.6 is 0 Å². The maximum atomic E-state index is 2.38. The van der Waals surface area contributed by atoms with Crippen LogP contribution in [0.25, 0.3) is 0 Å². The summed E-state index contributed by atoms with van der Waals surface area (Å²) in [7, 11) is 0. The van der Waals surface area contributed by atoms with Gasteiger partial charge in [-0.3, -0.25) is 0 Å². The van der Waals surface area contributed by atoms with Crippen molar-refractivity contribution in [2.24, 2.45) is 5.92 Å². The van der Waals surface area contributed by atoms with E-state index in [0.717, 1.165) is 5.92 Å². The lowest BCUT2D eigenvalue weighted by molar-refractivity contribution is 0.585. The van der Waals surface area contributed by atoms with E-state index < -0.39 is 0 Å². The maximum absolute atomic E-state index is 2.38. The number of hydrogen-bond donors (Lipinski definition) is 0. The van der Waals surface area contributed by atoms with Crippen LogP contribution in [0.5, 0.6) is 0 Å². The third kappa shape index (κ3) is 4.18. The molecule has 0 saturated heterocycles. The lowest BCUT2D eigenvalue weighted by atomic mass is 9.82. The molecule has 0 atom stereocenters. The van der Waals surface area contributed by atoms with E-state index in [4.69, 9.17) is 0 Å². The Morgan fingerprint density at radius 1 is 1.06 bits per heavy atom. The molecule has 0 aliphatic carbocycles. The molecule has 0 N–H and O–H groups in total. The zero-order valence-electron chi connectivity index (χ0n) is 12.5. The molecule has 0 amide bonds. The molecule has 0 aliphatic heterocycles. The number of benzene rings is 1. The molecule has 1 aromatic rings. The quantitative estimate of drug-likeness (QED) is 0.675. The Bertz CT molecular complexity index is 364. The molecule has 0 fully saturated rings. The molecule has 0 saturated carbocycles. The van der Waals surface area contributed by atoms with E-state index in [2.05, 4.69) is 66.7 Å². The van der Waals surface area contributed by atoms with E-state index in [1.54, 1.807) is 0 Å². The standard InChI is InChI=1S/C17H27/c1-12(2)8-14-9-15(13(3)4)11-16(10-14)17(5,6)7/h9-12H,8H2,1-7H3. The van der Waals surface area contributed by atoms with E-state index in [0.29, 0.717) is 0 Å². The molecule has 17 heavy (non-hydrogen) atoms. The Kier molecular flexibility index (Phi) is 4.41. The van der Waals surface area contributed by atoms with Crippen molar-refractivity contribution in [1.82, 2.24) is 0 Å². The molecule has 0 nitrogen and oxygen atoms in total. The van der Waals surface area contributed by atoms with Gasteiger partial charge in [0.05, 0.1) is 0 Å². The van der Waals surface area contributed by atoms with Crippen molar-refractivity contribution in [1.29, 1.82) is 0 Å². The van der Waals surface area contributed by atoms with Gasteiger partial charge >= 0.3 is 0 Å². The predicted octanol–water partition coefficient (Wildman–Crippen LogP) is 5.14. The van der Waals surface area contributed by atoms with Crippen molar-refractivity contribution in [3.8, 4) is 0 Å². The highest BCUT2D eigenvalue weighted by atomic mass is 14.2. The largest absolute Gasteiger partial charge is 0.0625 e. The molecule has 95 valence electrons. The highest BCUT2D eigenvalue weighted by molar-refractivity contribution is 5.39. The zero-order valence-corrected chi connectivity index (χ0v) is 12.5. The second-order valence-corrected chi connectivity index (χ2v) is 6.77. The summed E-state index contributed by atoms with van der Waals surface area (Å²) in [4.78, 5) is 0. The van der Waals surface area contributed by atoms with Gasteiger partial charge in [0.2, 0.25) is 0 Å². The molecule has 1 aromatic carbocycles. The van der Waals surface area contributed by atoms with Crippen LogP contribution in [0.3, 0.4) is 0 Å². The first kappa shape index (κ1) is 14.3. The van der Waals surface area contributed by atoms with Gasteiger partial charge in [-0.15, -0.1) is 0 Å². The van der Waals surface area contributed by atoms with Crippen LogP contribution in [0.2, 0.25) is 0 Å². The van der Waals surface area contributed by atoms with Crippen molar-refractivity contribution >= 4 is 0 Å².